The number of carbonyl (C=O) groups excluding carboxylic acids is 1. The summed E-state index contributed by atoms with van der Waals surface area (Å²) in [5.74, 6) is -1.74. The second-order valence-corrected chi connectivity index (χ2v) is 7.12. The first-order valence-corrected chi connectivity index (χ1v) is 7.98. The monoisotopic (exact) mass is 315 g/mol. The summed E-state index contributed by atoms with van der Waals surface area (Å²) in [5.41, 5.74) is 5.32. The van der Waals surface area contributed by atoms with Crippen molar-refractivity contribution in [3.8, 4) is 0 Å². The lowest BCUT2D eigenvalue weighted by molar-refractivity contribution is -0.122. The number of nitrogens with two attached hydrogens (primary N) is 1. The third kappa shape index (κ3) is 3.58. The average molecular weight is 315 g/mol. The van der Waals surface area contributed by atoms with E-state index in [4.69, 9.17) is 5.73 Å². The van der Waals surface area contributed by atoms with Gasteiger partial charge in [0.05, 0.1) is 10.8 Å². The van der Waals surface area contributed by atoms with E-state index in [0.717, 1.165) is 6.07 Å². The summed E-state index contributed by atoms with van der Waals surface area (Å²) in [6, 6.07) is 4.84. The van der Waals surface area contributed by atoms with Crippen LogP contribution in [0.5, 0.6) is 0 Å². The van der Waals surface area contributed by atoms with Crippen LogP contribution < -0.4 is 5.73 Å². The maximum atomic E-state index is 13.2. The SMILES string of the molecule is CN1CCN(S(=O)(=O)c2cccc(F)c2)CC(C(N)=O)C1. The number of likely N-dealkylation sites (N-methyl/N-ethyl adjacent to an activating group) is 1. The van der Waals surface area contributed by atoms with E-state index in [1.54, 1.807) is 7.05 Å². The van der Waals surface area contributed by atoms with Crippen LogP contribution in [0, 0.1) is 11.7 Å². The molecule has 1 saturated heterocycles. The van der Waals surface area contributed by atoms with Crippen molar-refractivity contribution in [3.63, 3.8) is 0 Å². The molecule has 0 bridgehead atoms. The third-order valence-electron chi connectivity index (χ3n) is 3.52. The van der Waals surface area contributed by atoms with Gasteiger partial charge in [0.1, 0.15) is 5.82 Å². The minimum atomic E-state index is -3.84. The maximum Gasteiger partial charge on any atom is 0.243 e. The molecule has 2 N–H and O–H groups in total. The molecule has 6 nitrogen and oxygen atoms in total. The standard InChI is InChI=1S/C13H18FN3O3S/c1-16-5-6-17(9-10(8-16)13(15)18)21(19,20)12-4-2-3-11(14)7-12/h2-4,7,10H,5-6,8-9H2,1H3,(H2,15,18). The zero-order valence-electron chi connectivity index (χ0n) is 11.7. The summed E-state index contributed by atoms with van der Waals surface area (Å²) in [5, 5.41) is 0. The fourth-order valence-electron chi connectivity index (χ4n) is 2.32. The number of benzene rings is 1. The minimum absolute atomic E-state index is 0.0124. The molecule has 1 heterocycles. The molecule has 21 heavy (non-hydrogen) atoms. The second kappa shape index (κ2) is 6.08. The number of nitrogens with zero attached hydrogens (tertiary/aromatic N) is 2. The first-order valence-electron chi connectivity index (χ1n) is 6.54. The molecular formula is C13H18FN3O3S. The predicted octanol–water partition coefficient (Wildman–Crippen LogP) is -0.137. The number of hydrogen-bond acceptors (Lipinski definition) is 4. The molecule has 1 fully saturated rings. The zero-order chi connectivity index (χ0) is 15.6. The maximum absolute atomic E-state index is 13.2. The van der Waals surface area contributed by atoms with Gasteiger partial charge in [0.2, 0.25) is 15.9 Å². The summed E-state index contributed by atoms with van der Waals surface area (Å²) < 4.78 is 39.6. The molecule has 1 atom stereocenters. The Kier molecular flexibility index (Phi) is 4.60. The van der Waals surface area contributed by atoms with Crippen LogP contribution in [0.1, 0.15) is 0 Å². The van der Waals surface area contributed by atoms with Crippen LogP contribution in [-0.4, -0.2) is 56.8 Å². The number of primary amides is 1. The van der Waals surface area contributed by atoms with Gasteiger partial charge >= 0.3 is 0 Å². The summed E-state index contributed by atoms with van der Waals surface area (Å²) in [6.07, 6.45) is 0. The van der Waals surface area contributed by atoms with Gasteiger partial charge in [0, 0.05) is 26.2 Å². The van der Waals surface area contributed by atoms with Gasteiger partial charge in [-0.1, -0.05) is 6.07 Å². The van der Waals surface area contributed by atoms with Crippen molar-refractivity contribution < 1.29 is 17.6 Å². The molecule has 1 aromatic rings. The van der Waals surface area contributed by atoms with E-state index in [-0.39, 0.29) is 18.0 Å². The van der Waals surface area contributed by atoms with Crippen LogP contribution in [0.15, 0.2) is 29.2 Å². The number of rotatable bonds is 3. The third-order valence-corrected chi connectivity index (χ3v) is 5.38. The van der Waals surface area contributed by atoms with E-state index >= 15 is 0 Å². The molecule has 1 aliphatic rings. The summed E-state index contributed by atoms with van der Waals surface area (Å²) in [7, 11) is -2.04. The van der Waals surface area contributed by atoms with Gasteiger partial charge in [-0.2, -0.15) is 4.31 Å². The lowest BCUT2D eigenvalue weighted by atomic mass is 10.1. The lowest BCUT2D eigenvalue weighted by Crippen LogP contribution is -2.40. The lowest BCUT2D eigenvalue weighted by Gasteiger charge is -2.22. The van der Waals surface area contributed by atoms with E-state index in [9.17, 15) is 17.6 Å². The van der Waals surface area contributed by atoms with Crippen molar-refractivity contribution in [3.05, 3.63) is 30.1 Å². The molecule has 1 aliphatic heterocycles. The van der Waals surface area contributed by atoms with Gasteiger partial charge in [-0.15, -0.1) is 0 Å². The molecular weight excluding hydrogens is 297 g/mol. The first-order chi connectivity index (χ1) is 9.80. The number of amides is 1. The Balaban J connectivity index is 2.32. The van der Waals surface area contributed by atoms with Crippen LogP contribution in [0.4, 0.5) is 4.39 Å². The molecule has 2 rings (SSSR count). The van der Waals surface area contributed by atoms with Gasteiger partial charge in [-0.05, 0) is 25.2 Å². The molecule has 0 spiro atoms. The number of hydrogen-bond donors (Lipinski definition) is 1. The van der Waals surface area contributed by atoms with Gasteiger partial charge in [-0.3, -0.25) is 4.79 Å². The Morgan fingerprint density at radius 1 is 1.33 bits per heavy atom. The first kappa shape index (κ1) is 15.9. The van der Waals surface area contributed by atoms with Gasteiger partial charge in [0.25, 0.3) is 0 Å². The summed E-state index contributed by atoms with van der Waals surface area (Å²) in [6.45, 7) is 1.14. The number of carbonyl (C=O) groups is 1. The highest BCUT2D eigenvalue weighted by Gasteiger charge is 2.32. The van der Waals surface area contributed by atoms with E-state index in [2.05, 4.69) is 0 Å². The Bertz CT molecular complexity index is 635. The molecule has 8 heteroatoms. The molecule has 1 amide bonds. The van der Waals surface area contributed by atoms with Gasteiger partial charge in [-0.25, -0.2) is 12.8 Å². The fraction of sp³-hybridized carbons (Fsp3) is 0.462. The Morgan fingerprint density at radius 2 is 2.05 bits per heavy atom. The quantitative estimate of drug-likeness (QED) is 0.842. The van der Waals surface area contributed by atoms with E-state index in [1.165, 1.54) is 22.5 Å². The largest absolute Gasteiger partial charge is 0.369 e. The van der Waals surface area contributed by atoms with Gasteiger partial charge in [0.15, 0.2) is 0 Å². The van der Waals surface area contributed by atoms with Crippen LogP contribution in [0.2, 0.25) is 0 Å². The molecule has 0 radical (unpaired) electrons. The topological polar surface area (TPSA) is 83.7 Å². The molecule has 1 aromatic carbocycles. The highest BCUT2D eigenvalue weighted by molar-refractivity contribution is 7.89. The number of sulfonamides is 1. The fourth-order valence-corrected chi connectivity index (χ4v) is 3.83. The summed E-state index contributed by atoms with van der Waals surface area (Å²) in [4.78, 5) is 13.2. The van der Waals surface area contributed by atoms with Crippen molar-refractivity contribution in [2.24, 2.45) is 11.7 Å². The van der Waals surface area contributed by atoms with Gasteiger partial charge < -0.3 is 10.6 Å². The minimum Gasteiger partial charge on any atom is -0.369 e. The van der Waals surface area contributed by atoms with Crippen LogP contribution in [0.25, 0.3) is 0 Å². The van der Waals surface area contributed by atoms with Crippen molar-refractivity contribution in [2.75, 3.05) is 33.2 Å². The average Bonchev–Trinajstić information content (AvgIpc) is 2.61. The van der Waals surface area contributed by atoms with Crippen LogP contribution in [-0.2, 0) is 14.8 Å². The van der Waals surface area contributed by atoms with Crippen LogP contribution in [0.3, 0.4) is 0 Å². The smallest absolute Gasteiger partial charge is 0.243 e. The van der Waals surface area contributed by atoms with Crippen molar-refractivity contribution >= 4 is 15.9 Å². The highest BCUT2D eigenvalue weighted by Crippen LogP contribution is 2.20. The molecule has 0 aromatic heterocycles. The number of halogens is 1. The van der Waals surface area contributed by atoms with Crippen molar-refractivity contribution in [1.29, 1.82) is 0 Å². The van der Waals surface area contributed by atoms with E-state index in [0.29, 0.717) is 13.1 Å². The Hall–Kier alpha value is -1.51. The predicted molar refractivity (Wildman–Crippen MR) is 75.3 cm³/mol. The highest BCUT2D eigenvalue weighted by atomic mass is 32.2. The Labute approximate surface area is 123 Å². The van der Waals surface area contributed by atoms with E-state index < -0.39 is 27.7 Å². The van der Waals surface area contributed by atoms with Crippen molar-refractivity contribution in [1.82, 2.24) is 9.21 Å². The summed E-state index contributed by atoms with van der Waals surface area (Å²) >= 11 is 0. The second-order valence-electron chi connectivity index (χ2n) is 5.18. The normalized spacial score (nSPS) is 21.9. The molecule has 0 aliphatic carbocycles. The zero-order valence-corrected chi connectivity index (χ0v) is 12.5. The van der Waals surface area contributed by atoms with E-state index in [1.807, 2.05) is 4.90 Å². The van der Waals surface area contributed by atoms with Crippen molar-refractivity contribution in [2.45, 2.75) is 4.90 Å². The molecule has 116 valence electrons. The molecule has 1 unspecified atom stereocenters. The Morgan fingerprint density at radius 3 is 2.67 bits per heavy atom. The molecule has 0 saturated carbocycles. The van der Waals surface area contributed by atoms with Crippen LogP contribution >= 0.6 is 0 Å².